The molecule has 0 aromatic rings. The second kappa shape index (κ2) is 6.58. The van der Waals surface area contributed by atoms with E-state index >= 15 is 0 Å². The van der Waals surface area contributed by atoms with Crippen molar-refractivity contribution in [3.8, 4) is 0 Å². The maximum Gasteiger partial charge on any atom is 0.0619 e. The summed E-state index contributed by atoms with van der Waals surface area (Å²) in [5, 5.41) is 3.63. The Morgan fingerprint density at radius 3 is 2.62 bits per heavy atom. The van der Waals surface area contributed by atoms with Gasteiger partial charge < -0.3 is 10.1 Å². The van der Waals surface area contributed by atoms with Crippen LogP contribution in [0.1, 0.15) is 34.6 Å². The molecule has 0 saturated carbocycles. The maximum atomic E-state index is 5.53. The molecule has 0 radical (unpaired) electrons. The van der Waals surface area contributed by atoms with Crippen molar-refractivity contribution >= 4 is 0 Å². The van der Waals surface area contributed by atoms with Crippen molar-refractivity contribution in [1.29, 1.82) is 0 Å². The molecule has 1 heterocycles. The van der Waals surface area contributed by atoms with Crippen LogP contribution in [0.15, 0.2) is 0 Å². The number of ether oxygens (including phenoxy) is 1. The summed E-state index contributed by atoms with van der Waals surface area (Å²) in [6.45, 7) is 15.1. The first-order valence-corrected chi connectivity index (χ1v) is 6.63. The van der Waals surface area contributed by atoms with Crippen molar-refractivity contribution < 1.29 is 4.74 Å². The average Bonchev–Trinajstić information content (AvgIpc) is 2.26. The molecule has 3 nitrogen and oxygen atoms in total. The van der Waals surface area contributed by atoms with E-state index in [1.807, 2.05) is 0 Å². The highest BCUT2D eigenvalue weighted by Gasteiger charge is 2.29. The normalized spacial score (nSPS) is 29.6. The van der Waals surface area contributed by atoms with E-state index in [0.29, 0.717) is 24.0 Å². The van der Waals surface area contributed by atoms with Crippen molar-refractivity contribution in [3.05, 3.63) is 0 Å². The predicted molar refractivity (Wildman–Crippen MR) is 68.8 cm³/mol. The molecule has 0 spiro atoms. The first kappa shape index (κ1) is 13.9. The Kier molecular flexibility index (Phi) is 5.73. The van der Waals surface area contributed by atoms with E-state index in [1.54, 1.807) is 0 Å². The second-order valence-corrected chi connectivity index (χ2v) is 5.31. The molecule has 96 valence electrons. The zero-order valence-electron chi connectivity index (χ0n) is 11.5. The molecular weight excluding hydrogens is 200 g/mol. The van der Waals surface area contributed by atoms with Gasteiger partial charge in [0, 0.05) is 37.8 Å². The van der Waals surface area contributed by atoms with Crippen LogP contribution < -0.4 is 5.32 Å². The van der Waals surface area contributed by atoms with E-state index in [-0.39, 0.29) is 0 Å². The lowest BCUT2D eigenvalue weighted by molar-refractivity contribution is 0.0277. The van der Waals surface area contributed by atoms with Crippen LogP contribution in [0.3, 0.4) is 0 Å². The van der Waals surface area contributed by atoms with Crippen molar-refractivity contribution in [2.24, 2.45) is 5.92 Å². The number of hydrogen-bond donors (Lipinski definition) is 1. The van der Waals surface area contributed by atoms with E-state index in [1.165, 1.54) is 0 Å². The smallest absolute Gasteiger partial charge is 0.0619 e. The molecule has 0 aliphatic carbocycles. The van der Waals surface area contributed by atoms with Gasteiger partial charge in [0.1, 0.15) is 0 Å². The fourth-order valence-corrected chi connectivity index (χ4v) is 2.36. The summed E-state index contributed by atoms with van der Waals surface area (Å²) in [6.07, 6.45) is 0. The van der Waals surface area contributed by atoms with Crippen LogP contribution in [-0.4, -0.2) is 49.3 Å². The lowest BCUT2D eigenvalue weighted by Crippen LogP contribution is -2.60. The molecule has 1 aliphatic rings. The number of nitrogens with one attached hydrogen (secondary N) is 1. The van der Waals surface area contributed by atoms with Gasteiger partial charge in [-0.15, -0.1) is 0 Å². The van der Waals surface area contributed by atoms with E-state index < -0.39 is 0 Å². The van der Waals surface area contributed by atoms with Gasteiger partial charge in [-0.25, -0.2) is 0 Å². The summed E-state index contributed by atoms with van der Waals surface area (Å²) in [5.41, 5.74) is 0. The molecule has 3 unspecified atom stereocenters. The third-order valence-corrected chi connectivity index (χ3v) is 3.58. The minimum atomic E-state index is 0.526. The third kappa shape index (κ3) is 3.72. The first-order chi connectivity index (χ1) is 7.56. The van der Waals surface area contributed by atoms with Crippen LogP contribution in [0.2, 0.25) is 0 Å². The summed E-state index contributed by atoms with van der Waals surface area (Å²) in [4.78, 5) is 2.58. The molecule has 0 bridgehead atoms. The third-order valence-electron chi connectivity index (χ3n) is 3.58. The van der Waals surface area contributed by atoms with Crippen LogP contribution in [0.5, 0.6) is 0 Å². The first-order valence-electron chi connectivity index (χ1n) is 6.63. The van der Waals surface area contributed by atoms with E-state index in [9.17, 15) is 0 Å². The molecule has 3 heteroatoms. The van der Waals surface area contributed by atoms with Gasteiger partial charge in [-0.1, -0.05) is 13.8 Å². The van der Waals surface area contributed by atoms with Crippen LogP contribution >= 0.6 is 0 Å². The minimum Gasteiger partial charge on any atom is -0.380 e. The van der Waals surface area contributed by atoms with Gasteiger partial charge in [0.05, 0.1) is 6.61 Å². The topological polar surface area (TPSA) is 24.5 Å². The summed E-state index contributed by atoms with van der Waals surface area (Å²) in [5.74, 6) is 0.703. The second-order valence-electron chi connectivity index (χ2n) is 5.31. The van der Waals surface area contributed by atoms with Crippen LogP contribution in [0, 0.1) is 5.92 Å². The molecule has 1 saturated heterocycles. The zero-order valence-corrected chi connectivity index (χ0v) is 11.5. The van der Waals surface area contributed by atoms with Crippen molar-refractivity contribution in [1.82, 2.24) is 10.2 Å². The largest absolute Gasteiger partial charge is 0.380 e. The van der Waals surface area contributed by atoms with E-state index in [0.717, 1.165) is 26.3 Å². The Morgan fingerprint density at radius 2 is 2.06 bits per heavy atom. The molecule has 1 aliphatic heterocycles. The summed E-state index contributed by atoms with van der Waals surface area (Å²) >= 11 is 0. The van der Waals surface area contributed by atoms with Crippen LogP contribution in [0.25, 0.3) is 0 Å². The highest BCUT2D eigenvalue weighted by Crippen LogP contribution is 2.15. The Balaban J connectivity index is 2.48. The highest BCUT2D eigenvalue weighted by molar-refractivity contribution is 4.87. The predicted octanol–water partition coefficient (Wildman–Crippen LogP) is 1.73. The zero-order chi connectivity index (χ0) is 12.1. The SMILES string of the molecule is CCOCC(C)N1CC(C(C)C)NCC1C. The van der Waals surface area contributed by atoms with Gasteiger partial charge in [-0.05, 0) is 26.7 Å². The van der Waals surface area contributed by atoms with Gasteiger partial charge in [-0.2, -0.15) is 0 Å². The van der Waals surface area contributed by atoms with Crippen LogP contribution in [0.4, 0.5) is 0 Å². The fourth-order valence-electron chi connectivity index (χ4n) is 2.36. The van der Waals surface area contributed by atoms with Gasteiger partial charge in [0.15, 0.2) is 0 Å². The van der Waals surface area contributed by atoms with Gasteiger partial charge in [0.2, 0.25) is 0 Å². The average molecular weight is 228 g/mol. The van der Waals surface area contributed by atoms with E-state index in [4.69, 9.17) is 4.74 Å². The molecule has 0 aromatic heterocycles. The summed E-state index contributed by atoms with van der Waals surface area (Å²) in [7, 11) is 0. The maximum absolute atomic E-state index is 5.53. The highest BCUT2D eigenvalue weighted by atomic mass is 16.5. The van der Waals surface area contributed by atoms with Gasteiger partial charge in [-0.3, -0.25) is 4.90 Å². The molecule has 3 atom stereocenters. The molecule has 1 fully saturated rings. The Hall–Kier alpha value is -0.120. The summed E-state index contributed by atoms with van der Waals surface area (Å²) in [6, 6.07) is 1.77. The minimum absolute atomic E-state index is 0.526. The molecular formula is C13H28N2O. The number of hydrogen-bond acceptors (Lipinski definition) is 3. The van der Waals surface area contributed by atoms with Gasteiger partial charge in [0.25, 0.3) is 0 Å². The molecule has 1 rings (SSSR count). The standard InChI is InChI=1S/C13H28N2O/c1-6-16-9-12(5)15-8-13(10(2)3)14-7-11(15)4/h10-14H,6-9H2,1-5H3. The van der Waals surface area contributed by atoms with Gasteiger partial charge >= 0.3 is 0 Å². The number of piperazine rings is 1. The van der Waals surface area contributed by atoms with Crippen molar-refractivity contribution in [2.75, 3.05) is 26.3 Å². The lowest BCUT2D eigenvalue weighted by Gasteiger charge is -2.43. The fraction of sp³-hybridized carbons (Fsp3) is 1.00. The van der Waals surface area contributed by atoms with Crippen LogP contribution in [-0.2, 0) is 4.74 Å². The quantitative estimate of drug-likeness (QED) is 0.775. The summed E-state index contributed by atoms with van der Waals surface area (Å²) < 4.78 is 5.53. The molecule has 0 amide bonds. The van der Waals surface area contributed by atoms with Crippen molar-refractivity contribution in [2.45, 2.75) is 52.7 Å². The number of rotatable bonds is 5. The van der Waals surface area contributed by atoms with E-state index in [2.05, 4.69) is 44.8 Å². The van der Waals surface area contributed by atoms with Crippen molar-refractivity contribution in [3.63, 3.8) is 0 Å². The molecule has 1 N–H and O–H groups in total. The Labute approximate surface area is 101 Å². The monoisotopic (exact) mass is 228 g/mol. The number of nitrogens with zero attached hydrogens (tertiary/aromatic N) is 1. The Bertz CT molecular complexity index is 196. The Morgan fingerprint density at radius 1 is 1.38 bits per heavy atom. The molecule has 0 aromatic carbocycles. The lowest BCUT2D eigenvalue weighted by atomic mass is 9.98. The molecule has 16 heavy (non-hydrogen) atoms.